The van der Waals surface area contributed by atoms with Gasteiger partial charge in [-0.15, -0.1) is 0 Å². The number of hydrogen-bond donors (Lipinski definition) is 1. The topological polar surface area (TPSA) is 31.4 Å². The lowest BCUT2D eigenvalue weighted by Crippen LogP contribution is -2.50. The summed E-state index contributed by atoms with van der Waals surface area (Å²) in [5, 5.41) is 3.16. The summed E-state index contributed by atoms with van der Waals surface area (Å²) < 4.78 is 0. The average Bonchev–Trinajstić information content (AvgIpc) is 2.34. The van der Waals surface area contributed by atoms with Crippen LogP contribution >= 0.6 is 0 Å². The van der Waals surface area contributed by atoms with Crippen molar-refractivity contribution < 1.29 is 0 Å². The second kappa shape index (κ2) is 5.67. The number of anilines is 1. The zero-order chi connectivity index (χ0) is 13.1. The number of nitrogens with zero attached hydrogens (tertiary/aromatic N) is 3. The minimum absolute atomic E-state index is 0.594. The molecule has 1 aliphatic rings. The molecule has 4 heteroatoms. The molecule has 0 aromatic carbocycles. The van der Waals surface area contributed by atoms with Crippen LogP contribution in [-0.2, 0) is 6.54 Å². The highest BCUT2D eigenvalue weighted by Crippen LogP contribution is 2.21. The average molecular weight is 248 g/mol. The molecule has 18 heavy (non-hydrogen) atoms. The molecule has 2 rings (SSSR count). The van der Waals surface area contributed by atoms with Gasteiger partial charge < -0.3 is 15.1 Å². The fourth-order valence-electron chi connectivity index (χ4n) is 2.50. The number of nitrogens with one attached hydrogen (secondary N) is 1. The van der Waals surface area contributed by atoms with Crippen molar-refractivity contribution in [3.63, 3.8) is 0 Å². The maximum absolute atomic E-state index is 4.65. The Labute approximate surface area is 110 Å². The summed E-state index contributed by atoms with van der Waals surface area (Å²) in [7, 11) is 4.16. The van der Waals surface area contributed by atoms with Crippen LogP contribution in [0.3, 0.4) is 0 Å². The Balaban J connectivity index is 2.13. The molecular weight excluding hydrogens is 224 g/mol. The predicted molar refractivity (Wildman–Crippen MR) is 76.0 cm³/mol. The molecule has 1 N–H and O–H groups in total. The minimum Gasteiger partial charge on any atom is -0.354 e. The molecule has 0 saturated carbocycles. The Bertz CT molecular complexity index is 405. The van der Waals surface area contributed by atoms with Crippen LogP contribution in [0.15, 0.2) is 12.3 Å². The summed E-state index contributed by atoms with van der Waals surface area (Å²) in [4.78, 5) is 9.46. The van der Waals surface area contributed by atoms with Gasteiger partial charge in [0.25, 0.3) is 0 Å². The van der Waals surface area contributed by atoms with Gasteiger partial charge in [-0.2, -0.15) is 0 Å². The molecule has 1 fully saturated rings. The molecular formula is C14H24N4. The van der Waals surface area contributed by atoms with Crippen molar-refractivity contribution in [2.45, 2.75) is 26.4 Å². The highest BCUT2D eigenvalue weighted by atomic mass is 15.3. The lowest BCUT2D eigenvalue weighted by atomic mass is 10.1. The third kappa shape index (κ3) is 2.82. The van der Waals surface area contributed by atoms with Crippen molar-refractivity contribution in [3.05, 3.63) is 23.4 Å². The van der Waals surface area contributed by atoms with Crippen molar-refractivity contribution >= 4 is 5.82 Å². The van der Waals surface area contributed by atoms with Gasteiger partial charge in [0, 0.05) is 38.4 Å². The maximum Gasteiger partial charge on any atom is 0.131 e. The molecule has 4 nitrogen and oxygen atoms in total. The van der Waals surface area contributed by atoms with Gasteiger partial charge in [0.1, 0.15) is 5.82 Å². The zero-order valence-electron chi connectivity index (χ0n) is 11.9. The fraction of sp³-hybridized carbons (Fsp3) is 0.643. The maximum atomic E-state index is 4.65. The highest BCUT2D eigenvalue weighted by molar-refractivity contribution is 5.48. The lowest BCUT2D eigenvalue weighted by molar-refractivity contribution is 0.233. The summed E-state index contributed by atoms with van der Waals surface area (Å²) in [6.45, 7) is 8.56. The molecule has 0 amide bonds. The van der Waals surface area contributed by atoms with Crippen molar-refractivity contribution in [3.8, 4) is 0 Å². The predicted octanol–water partition coefficient (Wildman–Crippen LogP) is 1.25. The summed E-state index contributed by atoms with van der Waals surface area (Å²) in [5.41, 5.74) is 2.53. The van der Waals surface area contributed by atoms with Gasteiger partial charge in [-0.1, -0.05) is 0 Å². The molecule has 1 atom stereocenters. The first kappa shape index (κ1) is 13.3. The van der Waals surface area contributed by atoms with E-state index >= 15 is 0 Å². The molecule has 0 bridgehead atoms. The monoisotopic (exact) mass is 248 g/mol. The van der Waals surface area contributed by atoms with Crippen molar-refractivity contribution in [2.75, 3.05) is 38.6 Å². The van der Waals surface area contributed by atoms with Crippen molar-refractivity contribution in [2.24, 2.45) is 0 Å². The number of aromatic nitrogens is 1. The van der Waals surface area contributed by atoms with Crippen molar-refractivity contribution in [1.29, 1.82) is 0 Å². The SMILES string of the molecule is CNCc1cnc(N2CCN(C)C(C)C2)c(C)c1. The van der Waals surface area contributed by atoms with Crippen LogP contribution in [0.2, 0.25) is 0 Å². The Morgan fingerprint density at radius 2 is 2.22 bits per heavy atom. The van der Waals surface area contributed by atoms with E-state index in [2.05, 4.69) is 47.1 Å². The third-order valence-electron chi connectivity index (χ3n) is 3.75. The van der Waals surface area contributed by atoms with Gasteiger partial charge in [-0.25, -0.2) is 4.98 Å². The van der Waals surface area contributed by atoms with E-state index in [4.69, 9.17) is 0 Å². The van der Waals surface area contributed by atoms with Crippen LogP contribution in [0.5, 0.6) is 0 Å². The molecule has 1 aromatic rings. The van der Waals surface area contributed by atoms with Crippen LogP contribution in [0.25, 0.3) is 0 Å². The first-order chi connectivity index (χ1) is 8.61. The molecule has 1 aliphatic heterocycles. The van der Waals surface area contributed by atoms with Crippen molar-refractivity contribution in [1.82, 2.24) is 15.2 Å². The van der Waals surface area contributed by atoms with E-state index in [1.165, 1.54) is 11.1 Å². The van der Waals surface area contributed by atoms with E-state index in [0.29, 0.717) is 6.04 Å². The van der Waals surface area contributed by atoms with E-state index in [9.17, 15) is 0 Å². The number of hydrogen-bond acceptors (Lipinski definition) is 4. The van der Waals surface area contributed by atoms with E-state index in [1.807, 2.05) is 13.2 Å². The zero-order valence-corrected chi connectivity index (χ0v) is 11.9. The molecule has 0 aliphatic carbocycles. The van der Waals surface area contributed by atoms with E-state index < -0.39 is 0 Å². The fourth-order valence-corrected chi connectivity index (χ4v) is 2.50. The lowest BCUT2D eigenvalue weighted by Gasteiger charge is -2.38. The Hall–Kier alpha value is -1.13. The second-order valence-electron chi connectivity index (χ2n) is 5.29. The molecule has 1 aromatic heterocycles. The van der Waals surface area contributed by atoms with Crippen LogP contribution in [0, 0.1) is 6.92 Å². The smallest absolute Gasteiger partial charge is 0.131 e. The van der Waals surface area contributed by atoms with E-state index in [1.54, 1.807) is 0 Å². The van der Waals surface area contributed by atoms with Crippen LogP contribution in [-0.4, -0.2) is 49.7 Å². The summed E-state index contributed by atoms with van der Waals surface area (Å²) >= 11 is 0. The highest BCUT2D eigenvalue weighted by Gasteiger charge is 2.22. The number of likely N-dealkylation sites (N-methyl/N-ethyl adjacent to an activating group) is 1. The Kier molecular flexibility index (Phi) is 4.19. The van der Waals surface area contributed by atoms with Gasteiger partial charge >= 0.3 is 0 Å². The van der Waals surface area contributed by atoms with Gasteiger partial charge in [0.05, 0.1) is 0 Å². The van der Waals surface area contributed by atoms with Gasteiger partial charge in [0.2, 0.25) is 0 Å². The minimum atomic E-state index is 0.594. The number of pyridine rings is 1. The van der Waals surface area contributed by atoms with Gasteiger partial charge in [0.15, 0.2) is 0 Å². The quantitative estimate of drug-likeness (QED) is 0.872. The molecule has 1 unspecified atom stereocenters. The Morgan fingerprint density at radius 1 is 1.44 bits per heavy atom. The third-order valence-corrected chi connectivity index (χ3v) is 3.75. The molecule has 1 saturated heterocycles. The van der Waals surface area contributed by atoms with Gasteiger partial charge in [-0.3, -0.25) is 0 Å². The number of aryl methyl sites for hydroxylation is 1. The van der Waals surface area contributed by atoms with Gasteiger partial charge in [-0.05, 0) is 45.1 Å². The van der Waals surface area contributed by atoms with E-state index in [0.717, 1.165) is 32.0 Å². The number of rotatable bonds is 3. The molecule has 2 heterocycles. The summed E-state index contributed by atoms with van der Waals surface area (Å²) in [5.74, 6) is 1.15. The van der Waals surface area contributed by atoms with Crippen LogP contribution < -0.4 is 10.2 Å². The number of piperazine rings is 1. The van der Waals surface area contributed by atoms with Crippen LogP contribution in [0.1, 0.15) is 18.1 Å². The normalized spacial score (nSPS) is 21.3. The first-order valence-corrected chi connectivity index (χ1v) is 6.67. The molecule has 0 radical (unpaired) electrons. The second-order valence-corrected chi connectivity index (χ2v) is 5.29. The van der Waals surface area contributed by atoms with Crippen LogP contribution in [0.4, 0.5) is 5.82 Å². The first-order valence-electron chi connectivity index (χ1n) is 6.67. The standard InChI is InChI=1S/C14H24N4/c1-11-7-13(8-15-3)9-16-14(11)18-6-5-17(4)12(2)10-18/h7,9,12,15H,5-6,8,10H2,1-4H3. The largest absolute Gasteiger partial charge is 0.354 e. The van der Waals surface area contributed by atoms with E-state index in [-0.39, 0.29) is 0 Å². The Morgan fingerprint density at radius 3 is 2.83 bits per heavy atom. The summed E-state index contributed by atoms with van der Waals surface area (Å²) in [6, 6.07) is 2.83. The summed E-state index contributed by atoms with van der Waals surface area (Å²) in [6.07, 6.45) is 1.99. The molecule has 100 valence electrons. The molecule has 0 spiro atoms.